The van der Waals surface area contributed by atoms with Gasteiger partial charge in [-0.15, -0.1) is 0 Å². The van der Waals surface area contributed by atoms with Gasteiger partial charge in [0.25, 0.3) is 0 Å². The standard InChI is InChI=1S/C17H13IO/c1-17(2)12-8-4-3-6-10(12)16-14(17)11-7-5-9-13(18)15(11)19-16/h3-9H,1-2H3. The maximum Gasteiger partial charge on any atom is 0.148 e. The highest BCUT2D eigenvalue weighted by Crippen LogP contribution is 2.53. The SMILES string of the molecule is CC1(C)c2ccccc2-c2oc3c(I)cccc3c21. The first-order valence-corrected chi connectivity index (χ1v) is 7.50. The lowest BCUT2D eigenvalue weighted by Gasteiger charge is -2.20. The van der Waals surface area contributed by atoms with Crippen LogP contribution in [0, 0.1) is 3.57 Å². The molecule has 0 saturated heterocycles. The number of hydrogen-bond acceptors (Lipinski definition) is 1. The summed E-state index contributed by atoms with van der Waals surface area (Å²) in [5, 5.41) is 1.25. The highest BCUT2D eigenvalue weighted by atomic mass is 127. The van der Waals surface area contributed by atoms with Gasteiger partial charge in [-0.05, 0) is 34.2 Å². The second kappa shape index (κ2) is 3.63. The first-order valence-electron chi connectivity index (χ1n) is 6.42. The molecule has 0 N–H and O–H groups in total. The van der Waals surface area contributed by atoms with E-state index in [4.69, 9.17) is 4.42 Å². The van der Waals surface area contributed by atoms with Crippen LogP contribution < -0.4 is 0 Å². The van der Waals surface area contributed by atoms with Gasteiger partial charge in [0.2, 0.25) is 0 Å². The van der Waals surface area contributed by atoms with E-state index in [0.29, 0.717) is 0 Å². The van der Waals surface area contributed by atoms with Crippen molar-refractivity contribution in [2.45, 2.75) is 19.3 Å². The molecule has 0 atom stereocenters. The maximum atomic E-state index is 6.20. The van der Waals surface area contributed by atoms with Gasteiger partial charge in [0.05, 0.1) is 3.57 Å². The Bertz CT molecular complexity index is 811. The average molecular weight is 360 g/mol. The molecule has 0 fully saturated rings. The fourth-order valence-electron chi connectivity index (χ4n) is 3.26. The molecular formula is C17H13IO. The van der Waals surface area contributed by atoms with Crippen molar-refractivity contribution in [1.82, 2.24) is 0 Å². The summed E-state index contributed by atoms with van der Waals surface area (Å²) in [5.41, 5.74) is 4.98. The topological polar surface area (TPSA) is 13.1 Å². The number of benzene rings is 2. The molecule has 0 unspecified atom stereocenters. The zero-order valence-corrected chi connectivity index (χ0v) is 13.0. The van der Waals surface area contributed by atoms with E-state index in [1.54, 1.807) is 0 Å². The zero-order chi connectivity index (χ0) is 13.2. The molecule has 0 aliphatic heterocycles. The van der Waals surface area contributed by atoms with E-state index in [2.05, 4.69) is 78.9 Å². The van der Waals surface area contributed by atoms with Crippen LogP contribution in [-0.4, -0.2) is 0 Å². The first kappa shape index (κ1) is 11.5. The third kappa shape index (κ3) is 1.35. The van der Waals surface area contributed by atoms with Crippen molar-refractivity contribution in [3.63, 3.8) is 0 Å². The Labute approximate surface area is 125 Å². The summed E-state index contributed by atoms with van der Waals surface area (Å²) < 4.78 is 7.37. The Morgan fingerprint density at radius 3 is 2.63 bits per heavy atom. The summed E-state index contributed by atoms with van der Waals surface area (Å²) in [5.74, 6) is 1.06. The van der Waals surface area contributed by atoms with Crippen LogP contribution in [0.25, 0.3) is 22.3 Å². The summed E-state index contributed by atoms with van der Waals surface area (Å²) in [6.45, 7) is 4.57. The molecule has 0 amide bonds. The predicted octanol–water partition coefficient (Wildman–Crippen LogP) is 5.34. The predicted molar refractivity (Wildman–Crippen MR) is 86.5 cm³/mol. The third-order valence-corrected chi connectivity index (χ3v) is 4.99. The van der Waals surface area contributed by atoms with Crippen molar-refractivity contribution in [1.29, 1.82) is 0 Å². The van der Waals surface area contributed by atoms with E-state index in [9.17, 15) is 0 Å². The van der Waals surface area contributed by atoms with Crippen LogP contribution in [0.5, 0.6) is 0 Å². The van der Waals surface area contributed by atoms with Crippen LogP contribution >= 0.6 is 22.6 Å². The minimum atomic E-state index is 0.0155. The molecule has 1 aromatic heterocycles. The van der Waals surface area contributed by atoms with Crippen LogP contribution in [0.2, 0.25) is 0 Å². The average Bonchev–Trinajstić information content (AvgIpc) is 2.88. The fourth-order valence-corrected chi connectivity index (χ4v) is 3.86. The van der Waals surface area contributed by atoms with Gasteiger partial charge in [0.1, 0.15) is 11.3 Å². The van der Waals surface area contributed by atoms with Gasteiger partial charge in [0, 0.05) is 21.9 Å². The van der Waals surface area contributed by atoms with Gasteiger partial charge in [-0.1, -0.05) is 50.2 Å². The van der Waals surface area contributed by atoms with Gasteiger partial charge in [0.15, 0.2) is 0 Å². The fraction of sp³-hybridized carbons (Fsp3) is 0.176. The summed E-state index contributed by atoms with van der Waals surface area (Å²) in [4.78, 5) is 0. The molecule has 1 aliphatic carbocycles. The van der Waals surface area contributed by atoms with Gasteiger partial charge in [-0.3, -0.25) is 0 Å². The van der Waals surface area contributed by atoms with Crippen molar-refractivity contribution in [3.05, 3.63) is 57.2 Å². The molecule has 0 radical (unpaired) electrons. The van der Waals surface area contributed by atoms with Crippen LogP contribution in [0.4, 0.5) is 0 Å². The van der Waals surface area contributed by atoms with E-state index in [1.807, 2.05) is 0 Å². The molecule has 0 spiro atoms. The molecule has 4 rings (SSSR count). The van der Waals surface area contributed by atoms with Crippen LogP contribution in [0.15, 0.2) is 46.9 Å². The van der Waals surface area contributed by atoms with Crippen molar-refractivity contribution in [2.75, 3.05) is 0 Å². The lowest BCUT2D eigenvalue weighted by Crippen LogP contribution is -2.14. The Morgan fingerprint density at radius 2 is 1.79 bits per heavy atom. The lowest BCUT2D eigenvalue weighted by atomic mass is 9.81. The summed E-state index contributed by atoms with van der Waals surface area (Å²) in [6.07, 6.45) is 0. The zero-order valence-electron chi connectivity index (χ0n) is 10.8. The monoisotopic (exact) mass is 360 g/mol. The van der Waals surface area contributed by atoms with Crippen molar-refractivity contribution in [2.24, 2.45) is 0 Å². The quantitative estimate of drug-likeness (QED) is 0.493. The second-order valence-corrected chi connectivity index (χ2v) is 6.76. The molecule has 2 heteroatoms. The minimum Gasteiger partial charge on any atom is -0.455 e. The van der Waals surface area contributed by atoms with Crippen molar-refractivity contribution >= 4 is 33.6 Å². The van der Waals surface area contributed by atoms with Crippen molar-refractivity contribution < 1.29 is 4.42 Å². The molecule has 19 heavy (non-hydrogen) atoms. The van der Waals surface area contributed by atoms with Gasteiger partial charge in [-0.2, -0.15) is 0 Å². The second-order valence-electron chi connectivity index (χ2n) is 5.59. The highest BCUT2D eigenvalue weighted by molar-refractivity contribution is 14.1. The number of rotatable bonds is 0. The van der Waals surface area contributed by atoms with E-state index in [-0.39, 0.29) is 5.41 Å². The molecule has 94 valence electrons. The number of fused-ring (bicyclic) bond motifs is 5. The van der Waals surface area contributed by atoms with E-state index >= 15 is 0 Å². The lowest BCUT2D eigenvalue weighted by molar-refractivity contribution is 0.618. The number of para-hydroxylation sites is 1. The van der Waals surface area contributed by atoms with Gasteiger partial charge >= 0.3 is 0 Å². The maximum absolute atomic E-state index is 6.20. The molecule has 1 heterocycles. The first-order chi connectivity index (χ1) is 9.10. The number of furan rings is 1. The molecule has 0 bridgehead atoms. The molecule has 1 nitrogen and oxygen atoms in total. The van der Waals surface area contributed by atoms with E-state index in [1.165, 1.54) is 25.6 Å². The Kier molecular flexibility index (Phi) is 2.20. The summed E-state index contributed by atoms with van der Waals surface area (Å²) in [6, 6.07) is 15.0. The number of halogens is 1. The minimum absolute atomic E-state index is 0.0155. The smallest absolute Gasteiger partial charge is 0.148 e. The molecule has 0 saturated carbocycles. The Morgan fingerprint density at radius 1 is 1.00 bits per heavy atom. The molecule has 3 aromatic rings. The van der Waals surface area contributed by atoms with Crippen LogP contribution in [-0.2, 0) is 5.41 Å². The highest BCUT2D eigenvalue weighted by Gasteiger charge is 2.40. The van der Waals surface area contributed by atoms with Crippen LogP contribution in [0.1, 0.15) is 25.0 Å². The largest absolute Gasteiger partial charge is 0.455 e. The third-order valence-electron chi connectivity index (χ3n) is 4.14. The molecule has 2 aromatic carbocycles. The summed E-state index contributed by atoms with van der Waals surface area (Å²) in [7, 11) is 0. The van der Waals surface area contributed by atoms with Crippen LogP contribution in [0.3, 0.4) is 0 Å². The molecule has 1 aliphatic rings. The van der Waals surface area contributed by atoms with E-state index < -0.39 is 0 Å². The normalized spacial score (nSPS) is 15.5. The van der Waals surface area contributed by atoms with Crippen molar-refractivity contribution in [3.8, 4) is 11.3 Å². The van der Waals surface area contributed by atoms with Gasteiger partial charge < -0.3 is 4.42 Å². The summed E-state index contributed by atoms with van der Waals surface area (Å²) >= 11 is 2.35. The Balaban J connectivity index is 2.20. The number of hydrogen-bond donors (Lipinski definition) is 0. The van der Waals surface area contributed by atoms with E-state index in [0.717, 1.165) is 11.3 Å². The van der Waals surface area contributed by atoms with Gasteiger partial charge in [-0.25, -0.2) is 0 Å². The molecular weight excluding hydrogens is 347 g/mol. The Hall–Kier alpha value is -1.29.